The van der Waals surface area contributed by atoms with E-state index in [1.54, 1.807) is 27.7 Å². The lowest BCUT2D eigenvalue weighted by Gasteiger charge is -2.28. The minimum Gasteiger partial charge on any atom is -0.481 e. The number of unbranched alkanes of at least 4 members (excludes halogenated alkanes) is 1. The summed E-state index contributed by atoms with van der Waals surface area (Å²) in [5.41, 5.74) is 11.2. The maximum absolute atomic E-state index is 13.2. The molecule has 59 heavy (non-hydrogen) atoms. The smallest absolute Gasteiger partial charge is 0.326 e. The first kappa shape index (κ1) is 53.6. The number of carboxylic acids is 3. The third-order valence-electron chi connectivity index (χ3n) is 8.93. The molecule has 23 nitrogen and oxygen atoms in total. The van der Waals surface area contributed by atoms with Crippen molar-refractivity contribution in [2.24, 2.45) is 23.3 Å². The van der Waals surface area contributed by atoms with E-state index in [0.717, 1.165) is 0 Å². The van der Waals surface area contributed by atoms with Crippen molar-refractivity contribution in [1.29, 1.82) is 0 Å². The monoisotopic (exact) mass is 845 g/mol. The molecule has 0 radical (unpaired) electrons. The number of carbonyl (C=O) groups excluding carboxylic acids is 7. The van der Waals surface area contributed by atoms with Crippen LogP contribution in [-0.4, -0.2) is 142 Å². The quantitative estimate of drug-likeness (QED) is 0.0311. The van der Waals surface area contributed by atoms with Crippen LogP contribution in [0.15, 0.2) is 0 Å². The van der Waals surface area contributed by atoms with Gasteiger partial charge in [0.2, 0.25) is 41.4 Å². The number of aliphatic carboxylic acids is 3. The zero-order valence-corrected chi connectivity index (χ0v) is 34.2. The van der Waals surface area contributed by atoms with Crippen LogP contribution in [-0.2, 0) is 47.9 Å². The van der Waals surface area contributed by atoms with Gasteiger partial charge < -0.3 is 69.1 Å². The van der Waals surface area contributed by atoms with Crippen LogP contribution < -0.4 is 48.7 Å². The van der Waals surface area contributed by atoms with Gasteiger partial charge in [-0.05, 0) is 63.8 Å². The second-order valence-electron chi connectivity index (χ2n) is 14.6. The van der Waals surface area contributed by atoms with Crippen LogP contribution in [0, 0.1) is 11.8 Å². The maximum Gasteiger partial charge on any atom is 0.326 e. The van der Waals surface area contributed by atoms with E-state index >= 15 is 0 Å². The molecule has 336 valence electrons. The fraction of sp³-hybridized carbons (Fsp3) is 0.722. The van der Waals surface area contributed by atoms with Crippen molar-refractivity contribution < 1.29 is 68.4 Å². The predicted molar refractivity (Wildman–Crippen MR) is 209 cm³/mol. The molecule has 0 saturated carbocycles. The molecule has 0 aliphatic carbocycles. The molecule has 0 aromatic carbocycles. The van der Waals surface area contributed by atoms with Crippen molar-refractivity contribution in [3.8, 4) is 0 Å². The normalized spacial score (nSPS) is 15.1. The van der Waals surface area contributed by atoms with Crippen molar-refractivity contribution in [1.82, 2.24) is 37.2 Å². The fourth-order valence-corrected chi connectivity index (χ4v) is 5.34. The summed E-state index contributed by atoms with van der Waals surface area (Å²) in [5, 5.41) is 54.2. The highest BCUT2D eigenvalue weighted by Crippen LogP contribution is 2.11. The van der Waals surface area contributed by atoms with E-state index in [4.69, 9.17) is 16.6 Å². The maximum atomic E-state index is 13.2. The Labute approximate surface area is 342 Å². The molecular formula is C36H63N9O14. The number of rotatable bonds is 30. The van der Waals surface area contributed by atoms with Crippen molar-refractivity contribution in [2.45, 2.75) is 135 Å². The molecule has 15 N–H and O–H groups in total. The van der Waals surface area contributed by atoms with Crippen LogP contribution in [0.1, 0.15) is 92.4 Å². The number of carbonyl (C=O) groups is 10. The van der Waals surface area contributed by atoms with Crippen LogP contribution in [0.2, 0.25) is 0 Å². The molecule has 0 aliphatic rings. The first-order valence-electron chi connectivity index (χ1n) is 19.4. The van der Waals surface area contributed by atoms with Gasteiger partial charge in [0.1, 0.15) is 30.2 Å². The van der Waals surface area contributed by atoms with E-state index in [1.807, 2.05) is 0 Å². The SMILES string of the molecule is CC[C@H](C)[C@H](NC(=O)[C@@H](N)CCC(=O)O)C(=O)N[C@H](C(=O)NCC(=O)N[C@@H](CCC(=O)O)C(=O)NCC(=O)N[C@@H](CC(C)C)C(=O)N[C@@H](CCCCN)C(=O)O)[C@@H](C)O. The molecule has 0 saturated heterocycles. The second-order valence-corrected chi connectivity index (χ2v) is 14.6. The lowest BCUT2D eigenvalue weighted by atomic mass is 9.97. The fourth-order valence-electron chi connectivity index (χ4n) is 5.34. The minimum atomic E-state index is -1.66. The van der Waals surface area contributed by atoms with Gasteiger partial charge in [0.15, 0.2) is 0 Å². The van der Waals surface area contributed by atoms with Crippen LogP contribution in [0.5, 0.6) is 0 Å². The van der Waals surface area contributed by atoms with Gasteiger partial charge in [-0.2, -0.15) is 0 Å². The number of hydrogen-bond acceptors (Lipinski definition) is 13. The molecule has 0 spiro atoms. The van der Waals surface area contributed by atoms with Gasteiger partial charge in [0.05, 0.1) is 25.2 Å². The standard InChI is InChI=1S/C36H63N9O14/c1-6-19(4)29(44-31(53)21(38)10-12-27(49)50)35(57)45-30(20(5)46)34(56)40-17-25(47)41-22(11-13-28(51)52)32(54)39-16-26(48)42-24(15-18(2)3)33(55)43-23(36(58)59)9-7-8-14-37/h18-24,29-30,46H,6-17,37-38H2,1-5H3,(H,39,54)(H,40,56)(H,41,47)(H,42,48)(H,43,55)(H,44,53)(H,45,57)(H,49,50)(H,51,52)(H,58,59)/t19-,20+,21-,22-,23-,24-,29-,30-/m0/s1. The highest BCUT2D eigenvalue weighted by Gasteiger charge is 2.34. The van der Waals surface area contributed by atoms with Gasteiger partial charge in [-0.3, -0.25) is 43.2 Å². The van der Waals surface area contributed by atoms with Crippen LogP contribution >= 0.6 is 0 Å². The number of hydrogen-bond donors (Lipinski definition) is 13. The van der Waals surface area contributed by atoms with E-state index in [1.165, 1.54) is 6.92 Å². The molecule has 0 heterocycles. The van der Waals surface area contributed by atoms with E-state index < -0.39 is 140 Å². The van der Waals surface area contributed by atoms with Crippen LogP contribution in [0.4, 0.5) is 0 Å². The van der Waals surface area contributed by atoms with E-state index in [9.17, 15) is 63.3 Å². The topological polar surface area (TPSA) is 388 Å². The Hall–Kier alpha value is -5.42. The summed E-state index contributed by atoms with van der Waals surface area (Å²) in [6.45, 7) is 6.82. The van der Waals surface area contributed by atoms with Crippen LogP contribution in [0.25, 0.3) is 0 Å². The third-order valence-corrected chi connectivity index (χ3v) is 8.93. The summed E-state index contributed by atoms with van der Waals surface area (Å²) in [5.74, 6) is -10.8. The molecule has 7 amide bonds. The van der Waals surface area contributed by atoms with E-state index in [0.29, 0.717) is 25.8 Å². The molecule has 0 aromatic rings. The van der Waals surface area contributed by atoms with Crippen molar-refractivity contribution in [2.75, 3.05) is 19.6 Å². The Bertz CT molecular complexity index is 1460. The number of nitrogens with two attached hydrogens (primary N) is 2. The van der Waals surface area contributed by atoms with Crippen molar-refractivity contribution in [3.05, 3.63) is 0 Å². The first-order chi connectivity index (χ1) is 27.5. The summed E-state index contributed by atoms with van der Waals surface area (Å²) < 4.78 is 0. The summed E-state index contributed by atoms with van der Waals surface area (Å²) >= 11 is 0. The van der Waals surface area contributed by atoms with E-state index in [2.05, 4.69) is 37.2 Å². The third kappa shape index (κ3) is 22.4. The number of amides is 7. The van der Waals surface area contributed by atoms with Gasteiger partial charge in [0, 0.05) is 12.8 Å². The Balaban J connectivity index is 5.63. The molecule has 0 rings (SSSR count). The number of nitrogens with one attached hydrogen (secondary N) is 7. The summed E-state index contributed by atoms with van der Waals surface area (Å²) in [4.78, 5) is 124. The molecule has 0 fully saturated rings. The molecule has 0 aromatic heterocycles. The molecular weight excluding hydrogens is 782 g/mol. The second kappa shape index (κ2) is 28.1. The number of aliphatic hydroxyl groups is 1. The highest BCUT2D eigenvalue weighted by atomic mass is 16.4. The largest absolute Gasteiger partial charge is 0.481 e. The molecule has 8 atom stereocenters. The Kier molecular flexibility index (Phi) is 25.5. The van der Waals surface area contributed by atoms with Gasteiger partial charge in [-0.15, -0.1) is 0 Å². The van der Waals surface area contributed by atoms with Crippen LogP contribution in [0.3, 0.4) is 0 Å². The Morgan fingerprint density at radius 1 is 0.576 bits per heavy atom. The number of carboxylic acid groups (broad SMARTS) is 3. The summed E-state index contributed by atoms with van der Waals surface area (Å²) in [6.07, 6.45) is -1.61. The lowest BCUT2D eigenvalue weighted by molar-refractivity contribution is -0.142. The highest BCUT2D eigenvalue weighted by molar-refractivity contribution is 5.96. The molecule has 0 bridgehead atoms. The molecule has 0 unspecified atom stereocenters. The zero-order valence-electron chi connectivity index (χ0n) is 34.2. The summed E-state index contributed by atoms with van der Waals surface area (Å²) in [7, 11) is 0. The molecule has 23 heteroatoms. The minimum absolute atomic E-state index is 0.108. The lowest BCUT2D eigenvalue weighted by Crippen LogP contribution is -2.60. The zero-order chi connectivity index (χ0) is 45.4. The molecule has 0 aliphatic heterocycles. The average Bonchev–Trinajstić information content (AvgIpc) is 3.15. The van der Waals surface area contributed by atoms with Gasteiger partial charge in [-0.25, -0.2) is 4.79 Å². The first-order valence-corrected chi connectivity index (χ1v) is 19.4. The van der Waals surface area contributed by atoms with Crippen molar-refractivity contribution >= 4 is 59.3 Å². The Morgan fingerprint density at radius 3 is 1.59 bits per heavy atom. The average molecular weight is 846 g/mol. The van der Waals surface area contributed by atoms with Gasteiger partial charge in [0.25, 0.3) is 0 Å². The van der Waals surface area contributed by atoms with Gasteiger partial charge in [-0.1, -0.05) is 34.1 Å². The summed E-state index contributed by atoms with van der Waals surface area (Å²) in [6, 6.07) is -8.10. The predicted octanol–water partition coefficient (Wildman–Crippen LogP) is -3.61. The van der Waals surface area contributed by atoms with E-state index in [-0.39, 0.29) is 25.2 Å². The van der Waals surface area contributed by atoms with Crippen molar-refractivity contribution in [3.63, 3.8) is 0 Å². The number of aliphatic hydroxyl groups excluding tert-OH is 1. The van der Waals surface area contributed by atoms with Gasteiger partial charge >= 0.3 is 17.9 Å². The Morgan fingerprint density at radius 2 is 1.10 bits per heavy atom.